The molecule has 128 valence electrons. The maximum Gasteiger partial charge on any atom is 0.311 e. The van der Waals surface area contributed by atoms with Gasteiger partial charge in [-0.15, -0.1) is 0 Å². The first-order chi connectivity index (χ1) is 11.7. The van der Waals surface area contributed by atoms with Crippen molar-refractivity contribution in [1.29, 1.82) is 0 Å². The Morgan fingerprint density at radius 3 is 2.29 bits per heavy atom. The average Bonchev–Trinajstić information content (AvgIpc) is 2.60. The highest BCUT2D eigenvalue weighted by atomic mass is 16.5. The number of hydrogen-bond acceptors (Lipinski definition) is 4. The molecule has 4 heteroatoms. The lowest BCUT2D eigenvalue weighted by atomic mass is 10.1. The van der Waals surface area contributed by atoms with Gasteiger partial charge in [0.05, 0.1) is 0 Å². The van der Waals surface area contributed by atoms with Crippen LogP contribution in [-0.4, -0.2) is 15.9 Å². The second-order valence-corrected chi connectivity index (χ2v) is 5.97. The lowest BCUT2D eigenvalue weighted by Crippen LogP contribution is -2.06. The predicted molar refractivity (Wildman–Crippen MR) is 95.9 cm³/mol. The highest BCUT2D eigenvalue weighted by Gasteiger charge is 2.05. The van der Waals surface area contributed by atoms with Gasteiger partial charge >= 0.3 is 5.97 Å². The first kappa shape index (κ1) is 18.1. The smallest absolute Gasteiger partial charge is 0.311 e. The lowest BCUT2D eigenvalue weighted by molar-refractivity contribution is -0.134. The number of benzene rings is 1. The minimum Gasteiger partial charge on any atom is -0.427 e. The highest BCUT2D eigenvalue weighted by Crippen LogP contribution is 2.20. The van der Waals surface area contributed by atoms with Crippen molar-refractivity contribution >= 4 is 5.97 Å². The van der Waals surface area contributed by atoms with Gasteiger partial charge in [0.25, 0.3) is 0 Å². The number of rotatable bonds is 9. The minimum absolute atomic E-state index is 0.200. The second kappa shape index (κ2) is 9.81. The number of ether oxygens (including phenoxy) is 1. The Bertz CT molecular complexity index is 621. The van der Waals surface area contributed by atoms with Crippen LogP contribution >= 0.6 is 0 Å². The van der Waals surface area contributed by atoms with Gasteiger partial charge in [-0.3, -0.25) is 4.79 Å². The Balaban J connectivity index is 1.92. The zero-order valence-corrected chi connectivity index (χ0v) is 14.6. The number of hydrogen-bond donors (Lipinski definition) is 0. The standard InChI is InChI=1S/C20H26N2O2/c1-3-5-6-7-9-16-14-21-20(22-15-16)17-10-12-18(13-11-17)24-19(23)8-4-2/h10-15H,3-9H2,1-2H3. The van der Waals surface area contributed by atoms with Crippen molar-refractivity contribution in [3.8, 4) is 17.1 Å². The fourth-order valence-electron chi connectivity index (χ4n) is 2.45. The van der Waals surface area contributed by atoms with Gasteiger partial charge in [0, 0.05) is 24.4 Å². The van der Waals surface area contributed by atoms with Crippen molar-refractivity contribution in [2.45, 2.75) is 58.8 Å². The lowest BCUT2D eigenvalue weighted by Gasteiger charge is -2.05. The number of esters is 1. The van der Waals surface area contributed by atoms with Gasteiger partial charge < -0.3 is 4.74 Å². The van der Waals surface area contributed by atoms with Crippen LogP contribution in [-0.2, 0) is 11.2 Å². The third-order valence-electron chi connectivity index (χ3n) is 3.82. The van der Waals surface area contributed by atoms with Gasteiger partial charge in [-0.25, -0.2) is 9.97 Å². The van der Waals surface area contributed by atoms with Crippen LogP contribution in [0.4, 0.5) is 0 Å². The molecule has 0 aliphatic carbocycles. The Hall–Kier alpha value is -2.23. The van der Waals surface area contributed by atoms with Crippen molar-refractivity contribution in [2.24, 2.45) is 0 Å². The zero-order valence-electron chi connectivity index (χ0n) is 14.6. The molecule has 2 aromatic rings. The largest absolute Gasteiger partial charge is 0.427 e. The van der Waals surface area contributed by atoms with Crippen LogP contribution in [0.5, 0.6) is 5.75 Å². The van der Waals surface area contributed by atoms with Crippen LogP contribution in [0.15, 0.2) is 36.7 Å². The molecule has 0 bridgehead atoms. The van der Waals surface area contributed by atoms with E-state index in [0.29, 0.717) is 18.0 Å². The molecule has 2 rings (SSSR count). The summed E-state index contributed by atoms with van der Waals surface area (Å²) in [4.78, 5) is 20.4. The van der Waals surface area contributed by atoms with Crippen LogP contribution < -0.4 is 4.74 Å². The van der Waals surface area contributed by atoms with Crippen molar-refractivity contribution in [1.82, 2.24) is 9.97 Å². The summed E-state index contributed by atoms with van der Waals surface area (Å²) in [5.74, 6) is 1.05. The van der Waals surface area contributed by atoms with E-state index in [1.54, 1.807) is 12.1 Å². The summed E-state index contributed by atoms with van der Waals surface area (Å²) in [5.41, 5.74) is 2.10. The van der Waals surface area contributed by atoms with Gasteiger partial charge in [0.1, 0.15) is 5.75 Å². The van der Waals surface area contributed by atoms with Crippen LogP contribution in [0.3, 0.4) is 0 Å². The molecular formula is C20H26N2O2. The van der Waals surface area contributed by atoms with Crippen LogP contribution in [0, 0.1) is 0 Å². The molecule has 1 aromatic carbocycles. The van der Waals surface area contributed by atoms with Gasteiger partial charge in [-0.05, 0) is 49.1 Å². The van der Waals surface area contributed by atoms with Gasteiger partial charge in [0.15, 0.2) is 5.82 Å². The van der Waals surface area contributed by atoms with Gasteiger partial charge in [0.2, 0.25) is 0 Å². The molecule has 0 radical (unpaired) electrons. The van der Waals surface area contributed by atoms with Crippen LogP contribution in [0.2, 0.25) is 0 Å². The summed E-state index contributed by atoms with van der Waals surface area (Å²) in [5, 5.41) is 0. The maximum atomic E-state index is 11.5. The minimum atomic E-state index is -0.200. The molecule has 0 spiro atoms. The summed E-state index contributed by atoms with van der Waals surface area (Å²) in [7, 11) is 0. The molecule has 0 aliphatic heterocycles. The highest BCUT2D eigenvalue weighted by molar-refractivity contribution is 5.72. The first-order valence-electron chi connectivity index (χ1n) is 8.85. The molecule has 0 saturated heterocycles. The number of unbranched alkanes of at least 4 members (excludes halogenated alkanes) is 3. The molecule has 0 unspecified atom stereocenters. The van der Waals surface area contributed by atoms with Crippen molar-refractivity contribution in [3.05, 3.63) is 42.2 Å². The third-order valence-corrected chi connectivity index (χ3v) is 3.82. The molecule has 24 heavy (non-hydrogen) atoms. The molecule has 0 saturated carbocycles. The molecule has 1 heterocycles. The van der Waals surface area contributed by atoms with Gasteiger partial charge in [-0.1, -0.05) is 33.1 Å². The van der Waals surface area contributed by atoms with E-state index >= 15 is 0 Å². The van der Waals surface area contributed by atoms with E-state index in [-0.39, 0.29) is 5.97 Å². The number of carbonyl (C=O) groups excluding carboxylic acids is 1. The number of carbonyl (C=O) groups is 1. The van der Waals surface area contributed by atoms with Crippen LogP contribution in [0.25, 0.3) is 11.4 Å². The first-order valence-corrected chi connectivity index (χ1v) is 8.85. The molecule has 4 nitrogen and oxygen atoms in total. The second-order valence-electron chi connectivity index (χ2n) is 5.97. The van der Waals surface area contributed by atoms with Crippen LogP contribution in [0.1, 0.15) is 57.9 Å². The molecular weight excluding hydrogens is 300 g/mol. The topological polar surface area (TPSA) is 52.1 Å². The molecule has 0 fully saturated rings. The van der Waals surface area contributed by atoms with E-state index in [0.717, 1.165) is 18.4 Å². The van der Waals surface area contributed by atoms with Crippen molar-refractivity contribution in [3.63, 3.8) is 0 Å². The van der Waals surface area contributed by atoms with E-state index in [2.05, 4.69) is 16.9 Å². The predicted octanol–water partition coefficient (Wildman–Crippen LogP) is 4.97. The monoisotopic (exact) mass is 326 g/mol. The Labute approximate surface area is 144 Å². The van der Waals surface area contributed by atoms with E-state index < -0.39 is 0 Å². The number of nitrogens with zero attached hydrogens (tertiary/aromatic N) is 2. The molecule has 0 N–H and O–H groups in total. The van der Waals surface area contributed by atoms with Gasteiger partial charge in [-0.2, -0.15) is 0 Å². The average molecular weight is 326 g/mol. The third kappa shape index (κ3) is 5.76. The van der Waals surface area contributed by atoms with E-state index in [1.807, 2.05) is 31.5 Å². The molecule has 0 amide bonds. The van der Waals surface area contributed by atoms with Crippen molar-refractivity contribution < 1.29 is 9.53 Å². The number of aromatic nitrogens is 2. The molecule has 0 atom stereocenters. The normalized spacial score (nSPS) is 10.6. The summed E-state index contributed by atoms with van der Waals surface area (Å²) in [6.45, 7) is 4.17. The van der Waals surface area contributed by atoms with Crippen molar-refractivity contribution in [2.75, 3.05) is 0 Å². The molecule has 0 aliphatic rings. The van der Waals surface area contributed by atoms with E-state index in [1.165, 1.54) is 31.2 Å². The Morgan fingerprint density at radius 2 is 1.67 bits per heavy atom. The zero-order chi connectivity index (χ0) is 17.2. The summed E-state index contributed by atoms with van der Waals surface area (Å²) >= 11 is 0. The van der Waals surface area contributed by atoms with E-state index in [9.17, 15) is 4.79 Å². The summed E-state index contributed by atoms with van der Waals surface area (Å²) in [6, 6.07) is 7.32. The molecule has 1 aromatic heterocycles. The summed E-state index contributed by atoms with van der Waals surface area (Å²) < 4.78 is 5.25. The maximum absolute atomic E-state index is 11.5. The fourth-order valence-corrected chi connectivity index (χ4v) is 2.45. The van der Waals surface area contributed by atoms with E-state index in [4.69, 9.17) is 4.74 Å². The Morgan fingerprint density at radius 1 is 0.958 bits per heavy atom. The number of aryl methyl sites for hydroxylation is 1. The SMILES string of the molecule is CCCCCCc1cnc(-c2ccc(OC(=O)CCC)cc2)nc1. The Kier molecular flexibility index (Phi) is 7.40. The quantitative estimate of drug-likeness (QED) is 0.371. The fraction of sp³-hybridized carbons (Fsp3) is 0.450. The summed E-state index contributed by atoms with van der Waals surface area (Å²) in [6.07, 6.45) is 11.1.